The highest BCUT2D eigenvalue weighted by molar-refractivity contribution is 6.31. The Labute approximate surface area is 173 Å². The molecule has 0 atom stereocenters. The van der Waals surface area contributed by atoms with Crippen molar-refractivity contribution in [3.05, 3.63) is 58.4 Å². The highest BCUT2D eigenvalue weighted by Gasteiger charge is 2.68. The molecule has 1 heterocycles. The Hall–Kier alpha value is -2.91. The molecule has 29 heavy (non-hydrogen) atoms. The summed E-state index contributed by atoms with van der Waals surface area (Å²) in [7, 11) is 0. The van der Waals surface area contributed by atoms with Crippen LogP contribution in [0.1, 0.15) is 47.3 Å². The first kappa shape index (κ1) is 19.4. The number of ketones is 1. The normalized spacial score (nSPS) is 23.9. The maximum Gasteiger partial charge on any atom is 0.270 e. The summed E-state index contributed by atoms with van der Waals surface area (Å²) in [5.41, 5.74) is 1.29. The van der Waals surface area contributed by atoms with E-state index in [1.807, 2.05) is 19.1 Å². The topological polar surface area (TPSA) is 92.1 Å². The zero-order chi connectivity index (χ0) is 20.6. The van der Waals surface area contributed by atoms with Gasteiger partial charge in [0.1, 0.15) is 18.1 Å². The second kappa shape index (κ2) is 7.16. The number of hydrogen-bond donors (Lipinski definition) is 1. The molecule has 1 aromatic heterocycles. The molecule has 6 nitrogen and oxygen atoms in total. The number of pyridine rings is 1. The van der Waals surface area contributed by atoms with E-state index in [0.717, 1.165) is 24.8 Å². The quantitative estimate of drug-likeness (QED) is 0.754. The van der Waals surface area contributed by atoms with Gasteiger partial charge in [0, 0.05) is 23.2 Å². The number of Topliss-reactive ketones (excluding diaryl/α,β-unsaturated/α-hetero) is 1. The minimum atomic E-state index is -0.275. The molecule has 1 N–H and O–H groups in total. The molecule has 3 fully saturated rings. The average Bonchev–Trinajstić information content (AvgIpc) is 2.66. The van der Waals surface area contributed by atoms with Crippen LogP contribution in [0.25, 0.3) is 0 Å². The van der Waals surface area contributed by atoms with Gasteiger partial charge in [-0.15, -0.1) is 0 Å². The molecule has 0 unspecified atom stereocenters. The summed E-state index contributed by atoms with van der Waals surface area (Å²) < 4.78 is 5.59. The van der Waals surface area contributed by atoms with Gasteiger partial charge < -0.3 is 10.1 Å². The van der Waals surface area contributed by atoms with Gasteiger partial charge >= 0.3 is 0 Å². The summed E-state index contributed by atoms with van der Waals surface area (Å²) in [6, 6.07) is 10.4. The maximum absolute atomic E-state index is 12.4. The predicted octanol–water partition coefficient (Wildman–Crippen LogP) is 3.61. The number of nitriles is 1. The Morgan fingerprint density at radius 3 is 2.72 bits per heavy atom. The van der Waals surface area contributed by atoms with Gasteiger partial charge in [-0.3, -0.25) is 14.6 Å². The van der Waals surface area contributed by atoms with Crippen LogP contribution in [0.5, 0.6) is 5.75 Å². The van der Waals surface area contributed by atoms with Crippen molar-refractivity contribution in [3.8, 4) is 11.8 Å². The molecular weight excluding hydrogens is 390 g/mol. The van der Waals surface area contributed by atoms with Gasteiger partial charge in [-0.05, 0) is 67.5 Å². The monoisotopic (exact) mass is 409 g/mol. The zero-order valence-corrected chi connectivity index (χ0v) is 16.8. The van der Waals surface area contributed by atoms with Gasteiger partial charge in [-0.25, -0.2) is 0 Å². The van der Waals surface area contributed by atoms with Crippen LogP contribution in [-0.4, -0.2) is 28.8 Å². The molecule has 0 aliphatic heterocycles. The van der Waals surface area contributed by atoms with Gasteiger partial charge in [0.15, 0.2) is 5.78 Å². The number of benzene rings is 1. The largest absolute Gasteiger partial charge is 0.486 e. The van der Waals surface area contributed by atoms with Crippen LogP contribution in [-0.2, 0) is 4.79 Å². The lowest BCUT2D eigenvalue weighted by atomic mass is 9.38. The molecule has 2 aromatic rings. The second-order valence-corrected chi connectivity index (χ2v) is 8.63. The van der Waals surface area contributed by atoms with Crippen LogP contribution in [0.3, 0.4) is 0 Å². The third kappa shape index (κ3) is 3.83. The van der Waals surface area contributed by atoms with E-state index in [9.17, 15) is 9.59 Å². The Morgan fingerprint density at radius 2 is 2.03 bits per heavy atom. The third-order valence-electron chi connectivity index (χ3n) is 5.74. The molecular formula is C22H20ClN3O3. The Morgan fingerprint density at radius 1 is 1.28 bits per heavy atom. The molecule has 1 amide bonds. The molecule has 2 bridgehead atoms. The van der Waals surface area contributed by atoms with Crippen molar-refractivity contribution in [1.82, 2.24) is 10.3 Å². The lowest BCUT2D eigenvalue weighted by molar-refractivity contribution is -0.162. The van der Waals surface area contributed by atoms with Crippen LogP contribution >= 0.6 is 11.6 Å². The number of aromatic nitrogens is 1. The van der Waals surface area contributed by atoms with Gasteiger partial charge in [-0.1, -0.05) is 11.6 Å². The van der Waals surface area contributed by atoms with Crippen molar-refractivity contribution in [3.63, 3.8) is 0 Å². The molecule has 1 aromatic carbocycles. The number of nitrogens with zero attached hydrogens (tertiary/aromatic N) is 2. The van der Waals surface area contributed by atoms with E-state index in [-0.39, 0.29) is 34.9 Å². The number of carbonyl (C=O) groups is 2. The number of aryl methyl sites for hydroxylation is 1. The number of halogens is 1. The summed E-state index contributed by atoms with van der Waals surface area (Å²) >= 11 is 5.99. The Bertz CT molecular complexity index is 1020. The lowest BCUT2D eigenvalue weighted by Crippen LogP contribution is -2.75. The summed E-state index contributed by atoms with van der Waals surface area (Å²) in [6.07, 6.45) is 4.28. The standard InChI is InChI=1S/C22H20ClN3O3/c1-14-6-17(2-3-18(14)23)29-10-16(27)8-21-11-22(12-21,13-21)26-20(28)19-7-15(9-24)4-5-25-19/h2-7H,8,10-13H2,1H3,(H,26,28). The minimum Gasteiger partial charge on any atom is -0.486 e. The molecule has 0 radical (unpaired) electrons. The van der Waals surface area contributed by atoms with E-state index in [0.29, 0.717) is 22.8 Å². The van der Waals surface area contributed by atoms with Crippen LogP contribution in [0, 0.1) is 23.7 Å². The summed E-state index contributed by atoms with van der Waals surface area (Å²) in [5.74, 6) is 0.414. The average molecular weight is 410 g/mol. The number of nitrogens with one attached hydrogen (secondary N) is 1. The van der Waals surface area contributed by atoms with Crippen molar-refractivity contribution in [2.45, 2.75) is 38.1 Å². The second-order valence-electron chi connectivity index (χ2n) is 8.22. The summed E-state index contributed by atoms with van der Waals surface area (Å²) in [6.45, 7) is 1.92. The fourth-order valence-corrected chi connectivity index (χ4v) is 4.71. The summed E-state index contributed by atoms with van der Waals surface area (Å²) in [5, 5.41) is 12.6. The first-order valence-electron chi connectivity index (χ1n) is 9.41. The van der Waals surface area contributed by atoms with Gasteiger partial charge in [0.05, 0.1) is 11.6 Å². The molecule has 0 spiro atoms. The predicted molar refractivity (Wildman–Crippen MR) is 107 cm³/mol. The van der Waals surface area contributed by atoms with Gasteiger partial charge in [0.25, 0.3) is 5.91 Å². The van der Waals surface area contributed by atoms with Crippen molar-refractivity contribution in [1.29, 1.82) is 5.26 Å². The first-order chi connectivity index (χ1) is 13.8. The fraction of sp³-hybridized carbons (Fsp3) is 0.364. The maximum atomic E-state index is 12.4. The van der Waals surface area contributed by atoms with E-state index in [4.69, 9.17) is 21.6 Å². The van der Waals surface area contributed by atoms with Crippen molar-refractivity contribution in [2.24, 2.45) is 5.41 Å². The van der Waals surface area contributed by atoms with E-state index in [1.165, 1.54) is 12.3 Å². The molecule has 3 saturated carbocycles. The lowest BCUT2D eigenvalue weighted by Gasteiger charge is -2.70. The highest BCUT2D eigenvalue weighted by Crippen LogP contribution is 2.69. The molecule has 5 rings (SSSR count). The SMILES string of the molecule is Cc1cc(OCC(=O)CC23CC(NC(=O)c4cc(C#N)ccn4)(C2)C3)ccc1Cl. The number of rotatable bonds is 7. The van der Waals surface area contributed by atoms with Crippen LogP contribution in [0.2, 0.25) is 5.02 Å². The fourth-order valence-electron chi connectivity index (χ4n) is 4.59. The van der Waals surface area contributed by atoms with Crippen LogP contribution in [0.15, 0.2) is 36.5 Å². The number of carbonyl (C=O) groups excluding carboxylic acids is 2. The van der Waals surface area contributed by atoms with Crippen molar-refractivity contribution >= 4 is 23.3 Å². The number of ether oxygens (including phenoxy) is 1. The van der Waals surface area contributed by atoms with Crippen LogP contribution in [0.4, 0.5) is 0 Å². The smallest absolute Gasteiger partial charge is 0.270 e. The minimum absolute atomic E-state index is 0.0223. The van der Waals surface area contributed by atoms with Crippen molar-refractivity contribution < 1.29 is 14.3 Å². The molecule has 0 saturated heterocycles. The Balaban J connectivity index is 1.25. The van der Waals surface area contributed by atoms with E-state index in [1.54, 1.807) is 18.2 Å². The number of amides is 1. The van der Waals surface area contributed by atoms with Gasteiger partial charge in [0.2, 0.25) is 0 Å². The highest BCUT2D eigenvalue weighted by atomic mass is 35.5. The first-order valence-corrected chi connectivity index (χ1v) is 9.79. The zero-order valence-electron chi connectivity index (χ0n) is 16.0. The van der Waals surface area contributed by atoms with E-state index in [2.05, 4.69) is 10.3 Å². The van der Waals surface area contributed by atoms with Crippen molar-refractivity contribution in [2.75, 3.05) is 6.61 Å². The molecule has 148 valence electrons. The van der Waals surface area contributed by atoms with Gasteiger partial charge in [-0.2, -0.15) is 5.26 Å². The molecule has 7 heteroatoms. The summed E-state index contributed by atoms with van der Waals surface area (Å²) in [4.78, 5) is 28.8. The Kier molecular flexibility index (Phi) is 4.79. The number of hydrogen-bond acceptors (Lipinski definition) is 5. The van der Waals surface area contributed by atoms with E-state index >= 15 is 0 Å². The molecule has 3 aliphatic rings. The van der Waals surface area contributed by atoms with E-state index < -0.39 is 0 Å². The molecule has 3 aliphatic carbocycles. The van der Waals surface area contributed by atoms with Crippen LogP contribution < -0.4 is 10.1 Å². The third-order valence-corrected chi connectivity index (χ3v) is 6.17.